The molecule has 0 aromatic heterocycles. The topological polar surface area (TPSA) is 76.0 Å². The first-order valence-corrected chi connectivity index (χ1v) is 5.28. The predicted octanol–water partition coefficient (Wildman–Crippen LogP) is 1.27. The van der Waals surface area contributed by atoms with Crippen molar-refractivity contribution in [3.8, 4) is 5.75 Å². The van der Waals surface area contributed by atoms with E-state index in [1.54, 1.807) is 30.3 Å². The summed E-state index contributed by atoms with van der Waals surface area (Å²) < 4.78 is 10.4. The van der Waals surface area contributed by atoms with Crippen molar-refractivity contribution in [1.82, 2.24) is 0 Å². The Hall–Kier alpha value is -1.59. The molecule has 17 heavy (non-hydrogen) atoms. The summed E-state index contributed by atoms with van der Waals surface area (Å²) in [5.74, 6) is -2.55. The molecule has 1 aromatic carbocycles. The first kappa shape index (κ1) is 13.5. The zero-order valence-corrected chi connectivity index (χ0v) is 9.63. The van der Waals surface area contributed by atoms with Crippen LogP contribution in [0.2, 0.25) is 0 Å². The minimum atomic E-state index is -1.75. The molecule has 1 unspecified atom stereocenters. The third-order valence-corrected chi connectivity index (χ3v) is 2.35. The standard InChI is InChI=1S/C12H16O5/c1-16-12(11(14)15,8-5-9-13)17-10-6-3-2-4-7-10/h2-4,6-7,13H,5,8-9H2,1H3,(H,14,15). The van der Waals surface area contributed by atoms with Crippen LogP contribution in [0.25, 0.3) is 0 Å². The Morgan fingerprint density at radius 3 is 2.47 bits per heavy atom. The first-order chi connectivity index (χ1) is 8.14. The van der Waals surface area contributed by atoms with E-state index in [9.17, 15) is 9.90 Å². The summed E-state index contributed by atoms with van der Waals surface area (Å²) in [6, 6.07) is 8.58. The second-order valence-corrected chi connectivity index (χ2v) is 3.50. The number of rotatable bonds is 7. The van der Waals surface area contributed by atoms with E-state index in [0.29, 0.717) is 5.75 Å². The van der Waals surface area contributed by atoms with Crippen LogP contribution in [-0.2, 0) is 9.53 Å². The number of hydrogen-bond acceptors (Lipinski definition) is 4. The number of aliphatic hydroxyl groups excluding tert-OH is 1. The lowest BCUT2D eigenvalue weighted by Crippen LogP contribution is -2.46. The molecule has 94 valence electrons. The molecular weight excluding hydrogens is 224 g/mol. The molecule has 0 amide bonds. The molecule has 5 nitrogen and oxygen atoms in total. The van der Waals surface area contributed by atoms with E-state index in [1.165, 1.54) is 7.11 Å². The van der Waals surface area contributed by atoms with Crippen molar-refractivity contribution in [3.05, 3.63) is 30.3 Å². The van der Waals surface area contributed by atoms with Crippen LogP contribution in [0.1, 0.15) is 12.8 Å². The molecule has 0 aliphatic heterocycles. The third kappa shape index (κ3) is 3.44. The maximum atomic E-state index is 11.2. The van der Waals surface area contributed by atoms with Gasteiger partial charge in [0.05, 0.1) is 0 Å². The molecular formula is C12H16O5. The second-order valence-electron chi connectivity index (χ2n) is 3.50. The lowest BCUT2D eigenvalue weighted by atomic mass is 10.1. The molecule has 2 N–H and O–H groups in total. The summed E-state index contributed by atoms with van der Waals surface area (Å²) in [5.41, 5.74) is 0. The van der Waals surface area contributed by atoms with Crippen molar-refractivity contribution in [2.24, 2.45) is 0 Å². The Labute approximate surface area is 99.6 Å². The average Bonchev–Trinajstić information content (AvgIpc) is 2.35. The number of carboxylic acid groups (broad SMARTS) is 1. The highest BCUT2D eigenvalue weighted by Gasteiger charge is 2.41. The van der Waals surface area contributed by atoms with Gasteiger partial charge in [-0.3, -0.25) is 0 Å². The molecule has 0 aliphatic carbocycles. The Morgan fingerprint density at radius 2 is 2.00 bits per heavy atom. The van der Waals surface area contributed by atoms with Crippen LogP contribution < -0.4 is 4.74 Å². The molecule has 0 bridgehead atoms. The third-order valence-electron chi connectivity index (χ3n) is 2.35. The fraction of sp³-hybridized carbons (Fsp3) is 0.417. The van der Waals surface area contributed by atoms with E-state index in [1.807, 2.05) is 0 Å². The van der Waals surface area contributed by atoms with Gasteiger partial charge in [-0.1, -0.05) is 18.2 Å². The number of para-hydroxylation sites is 1. The average molecular weight is 240 g/mol. The van der Waals surface area contributed by atoms with E-state index in [-0.39, 0.29) is 19.4 Å². The van der Waals surface area contributed by atoms with E-state index in [0.717, 1.165) is 0 Å². The summed E-state index contributed by atoms with van der Waals surface area (Å²) >= 11 is 0. The maximum absolute atomic E-state index is 11.2. The van der Waals surface area contributed by atoms with E-state index in [2.05, 4.69) is 0 Å². The molecule has 0 fully saturated rings. The Bertz CT molecular complexity index is 351. The Balaban J connectivity index is 2.86. The normalized spacial score (nSPS) is 14.0. The number of carboxylic acids is 1. The van der Waals surface area contributed by atoms with Gasteiger partial charge in [-0.05, 0) is 18.6 Å². The van der Waals surface area contributed by atoms with Crippen LogP contribution in [0.15, 0.2) is 30.3 Å². The summed E-state index contributed by atoms with van der Waals surface area (Å²) in [5, 5.41) is 17.9. The largest absolute Gasteiger partial charge is 0.476 e. The zero-order chi connectivity index (χ0) is 12.7. The van der Waals surface area contributed by atoms with Gasteiger partial charge < -0.3 is 19.7 Å². The smallest absolute Gasteiger partial charge is 0.377 e. The highest BCUT2D eigenvalue weighted by molar-refractivity contribution is 5.76. The fourth-order valence-corrected chi connectivity index (χ4v) is 1.42. The van der Waals surface area contributed by atoms with Gasteiger partial charge in [-0.15, -0.1) is 0 Å². The van der Waals surface area contributed by atoms with Crippen LogP contribution in [-0.4, -0.2) is 35.7 Å². The summed E-state index contributed by atoms with van der Waals surface area (Å²) in [7, 11) is 1.27. The van der Waals surface area contributed by atoms with Crippen molar-refractivity contribution < 1.29 is 24.5 Å². The number of benzene rings is 1. The van der Waals surface area contributed by atoms with Crippen molar-refractivity contribution >= 4 is 5.97 Å². The van der Waals surface area contributed by atoms with Gasteiger partial charge in [0.2, 0.25) is 0 Å². The Kier molecular flexibility index (Phi) is 4.93. The minimum absolute atomic E-state index is 0.0736. The minimum Gasteiger partial charge on any atom is -0.476 e. The summed E-state index contributed by atoms with van der Waals surface area (Å²) in [6.45, 7) is -0.115. The first-order valence-electron chi connectivity index (χ1n) is 5.28. The number of hydrogen-bond donors (Lipinski definition) is 2. The Morgan fingerprint density at radius 1 is 1.35 bits per heavy atom. The van der Waals surface area contributed by atoms with Crippen molar-refractivity contribution in [1.29, 1.82) is 0 Å². The van der Waals surface area contributed by atoms with Crippen LogP contribution in [0.4, 0.5) is 0 Å². The van der Waals surface area contributed by atoms with E-state index in [4.69, 9.17) is 14.6 Å². The van der Waals surface area contributed by atoms with Crippen LogP contribution >= 0.6 is 0 Å². The van der Waals surface area contributed by atoms with Crippen molar-refractivity contribution in [2.75, 3.05) is 13.7 Å². The zero-order valence-electron chi connectivity index (χ0n) is 9.63. The molecule has 1 atom stereocenters. The number of aliphatic hydroxyl groups is 1. The molecule has 0 heterocycles. The van der Waals surface area contributed by atoms with Crippen LogP contribution in [0, 0.1) is 0 Å². The highest BCUT2D eigenvalue weighted by atomic mass is 16.7. The van der Waals surface area contributed by atoms with Crippen molar-refractivity contribution in [3.63, 3.8) is 0 Å². The fourth-order valence-electron chi connectivity index (χ4n) is 1.42. The maximum Gasteiger partial charge on any atom is 0.377 e. The van der Waals surface area contributed by atoms with Gasteiger partial charge in [0.1, 0.15) is 5.75 Å². The molecule has 0 saturated heterocycles. The summed E-state index contributed by atoms with van der Waals surface area (Å²) in [4.78, 5) is 11.2. The van der Waals surface area contributed by atoms with E-state index < -0.39 is 11.8 Å². The monoisotopic (exact) mass is 240 g/mol. The van der Waals surface area contributed by atoms with Crippen LogP contribution in [0.5, 0.6) is 5.75 Å². The molecule has 0 radical (unpaired) electrons. The number of ether oxygens (including phenoxy) is 2. The van der Waals surface area contributed by atoms with Gasteiger partial charge in [0.15, 0.2) is 0 Å². The number of carbonyl (C=O) groups is 1. The molecule has 0 saturated carbocycles. The molecule has 0 spiro atoms. The predicted molar refractivity (Wildman–Crippen MR) is 60.8 cm³/mol. The van der Waals surface area contributed by atoms with Gasteiger partial charge in [-0.25, -0.2) is 4.79 Å². The summed E-state index contributed by atoms with van der Waals surface area (Å²) in [6.07, 6.45) is 0.358. The SMILES string of the molecule is COC(CCCO)(Oc1ccccc1)C(=O)O. The number of aliphatic carboxylic acids is 1. The van der Waals surface area contributed by atoms with Gasteiger partial charge >= 0.3 is 11.8 Å². The molecule has 0 aliphatic rings. The molecule has 1 rings (SSSR count). The second kappa shape index (κ2) is 6.22. The van der Waals surface area contributed by atoms with Gasteiger partial charge in [-0.2, -0.15) is 0 Å². The number of methoxy groups -OCH3 is 1. The van der Waals surface area contributed by atoms with Gasteiger partial charge in [0.25, 0.3) is 0 Å². The molecule has 1 aromatic rings. The molecule has 5 heteroatoms. The van der Waals surface area contributed by atoms with E-state index >= 15 is 0 Å². The van der Waals surface area contributed by atoms with Gasteiger partial charge in [0, 0.05) is 20.1 Å². The lowest BCUT2D eigenvalue weighted by Gasteiger charge is -2.28. The van der Waals surface area contributed by atoms with Crippen molar-refractivity contribution in [2.45, 2.75) is 18.6 Å². The quantitative estimate of drug-likeness (QED) is 0.702. The highest BCUT2D eigenvalue weighted by Crippen LogP contribution is 2.23. The van der Waals surface area contributed by atoms with Crippen LogP contribution in [0.3, 0.4) is 0 Å². The lowest BCUT2D eigenvalue weighted by molar-refractivity contribution is -0.206.